The Bertz CT molecular complexity index is 771. The van der Waals surface area contributed by atoms with E-state index in [-0.39, 0.29) is 17.7 Å². The van der Waals surface area contributed by atoms with Crippen molar-refractivity contribution in [2.24, 2.45) is 0 Å². The van der Waals surface area contributed by atoms with Gasteiger partial charge in [0.05, 0.1) is 5.69 Å². The second kappa shape index (κ2) is 7.37. The Labute approximate surface area is 141 Å². The van der Waals surface area contributed by atoms with E-state index in [1.807, 2.05) is 0 Å². The molecule has 134 valence electrons. The number of carboxylic acids is 1. The summed E-state index contributed by atoms with van der Waals surface area (Å²) in [6.45, 7) is 1.79. The molecule has 25 heavy (non-hydrogen) atoms. The van der Waals surface area contributed by atoms with Crippen molar-refractivity contribution in [1.29, 1.82) is 0 Å². The zero-order chi connectivity index (χ0) is 18.6. The van der Waals surface area contributed by atoms with E-state index in [1.54, 1.807) is 6.92 Å². The summed E-state index contributed by atoms with van der Waals surface area (Å²) in [5.74, 6) is -1.76. The van der Waals surface area contributed by atoms with Crippen LogP contribution in [0, 0.1) is 0 Å². The molecule has 0 aliphatic heterocycles. The Hall–Kier alpha value is -2.84. The second-order valence-electron chi connectivity index (χ2n) is 5.35. The summed E-state index contributed by atoms with van der Waals surface area (Å²) < 4.78 is 38.9. The zero-order valence-corrected chi connectivity index (χ0v) is 13.2. The monoisotopic (exact) mass is 355 g/mol. The van der Waals surface area contributed by atoms with Crippen molar-refractivity contribution >= 4 is 11.9 Å². The summed E-state index contributed by atoms with van der Waals surface area (Å²) in [6, 6.07) is 5.56. The van der Waals surface area contributed by atoms with Crippen LogP contribution in [0.5, 0.6) is 0 Å². The van der Waals surface area contributed by atoms with E-state index in [1.165, 1.54) is 24.3 Å². The number of hydrogen-bond acceptors (Lipinski definition) is 3. The van der Waals surface area contributed by atoms with Gasteiger partial charge in [0.2, 0.25) is 0 Å². The van der Waals surface area contributed by atoms with Gasteiger partial charge in [-0.3, -0.25) is 4.79 Å². The number of amides is 1. The van der Waals surface area contributed by atoms with Crippen LogP contribution >= 0.6 is 0 Å². The summed E-state index contributed by atoms with van der Waals surface area (Å²) in [4.78, 5) is 23.3. The minimum Gasteiger partial charge on any atom is -0.480 e. The Kier molecular flexibility index (Phi) is 5.45. The lowest BCUT2D eigenvalue weighted by Crippen LogP contribution is -2.40. The van der Waals surface area contributed by atoms with Crippen LogP contribution in [0.1, 0.15) is 35.8 Å². The molecule has 1 aromatic heterocycles. The molecular weight excluding hydrogens is 339 g/mol. The van der Waals surface area contributed by atoms with Crippen LogP contribution in [0.25, 0.3) is 5.69 Å². The van der Waals surface area contributed by atoms with Crippen molar-refractivity contribution in [3.63, 3.8) is 0 Å². The number of nitrogens with one attached hydrogen (secondary N) is 1. The highest BCUT2D eigenvalue weighted by Crippen LogP contribution is 2.27. The van der Waals surface area contributed by atoms with Crippen molar-refractivity contribution < 1.29 is 27.9 Å². The van der Waals surface area contributed by atoms with E-state index >= 15 is 0 Å². The van der Waals surface area contributed by atoms with Crippen LogP contribution in [-0.2, 0) is 11.0 Å². The number of carbonyl (C=O) groups excluding carboxylic acids is 1. The molecule has 0 spiro atoms. The van der Waals surface area contributed by atoms with Crippen LogP contribution in [0.4, 0.5) is 13.2 Å². The Balaban J connectivity index is 2.22. The third-order valence-corrected chi connectivity index (χ3v) is 3.43. The van der Waals surface area contributed by atoms with E-state index in [2.05, 4.69) is 10.4 Å². The first kappa shape index (κ1) is 18.5. The first-order chi connectivity index (χ1) is 11.7. The number of carboxylic acid groups (broad SMARTS) is 1. The maximum Gasteiger partial charge on any atom is 0.435 e. The average molecular weight is 355 g/mol. The molecule has 1 amide bonds. The lowest BCUT2D eigenvalue weighted by Gasteiger charge is -2.14. The lowest BCUT2D eigenvalue weighted by molar-refractivity contribution is -0.141. The molecule has 1 heterocycles. The van der Waals surface area contributed by atoms with E-state index in [9.17, 15) is 22.8 Å². The minimum atomic E-state index is -4.56. The zero-order valence-electron chi connectivity index (χ0n) is 13.2. The van der Waals surface area contributed by atoms with Gasteiger partial charge in [-0.2, -0.15) is 18.3 Å². The lowest BCUT2D eigenvalue weighted by atomic mass is 10.1. The molecule has 0 bridgehead atoms. The van der Waals surface area contributed by atoms with Crippen molar-refractivity contribution in [2.75, 3.05) is 0 Å². The largest absolute Gasteiger partial charge is 0.480 e. The van der Waals surface area contributed by atoms with Crippen LogP contribution in [0.2, 0.25) is 0 Å². The Morgan fingerprint density at radius 2 is 2.04 bits per heavy atom. The molecule has 2 rings (SSSR count). The normalized spacial score (nSPS) is 12.6. The van der Waals surface area contributed by atoms with Gasteiger partial charge in [-0.05, 0) is 30.7 Å². The number of rotatable bonds is 6. The number of halogens is 3. The molecule has 0 aliphatic carbocycles. The van der Waals surface area contributed by atoms with Gasteiger partial charge in [0.1, 0.15) is 6.04 Å². The van der Waals surface area contributed by atoms with Crippen LogP contribution < -0.4 is 5.32 Å². The fourth-order valence-corrected chi connectivity index (χ4v) is 2.20. The fraction of sp³-hybridized carbons (Fsp3) is 0.312. The summed E-state index contributed by atoms with van der Waals surface area (Å²) in [6.07, 6.45) is -2.58. The molecule has 2 aromatic rings. The molecule has 0 saturated carbocycles. The van der Waals surface area contributed by atoms with Crippen LogP contribution in [0.3, 0.4) is 0 Å². The third kappa shape index (κ3) is 4.59. The molecule has 1 aromatic carbocycles. The van der Waals surface area contributed by atoms with Gasteiger partial charge in [0, 0.05) is 11.8 Å². The number of carbonyl (C=O) groups is 2. The number of alkyl halides is 3. The maximum atomic E-state index is 12.6. The summed E-state index contributed by atoms with van der Waals surface area (Å²) in [5, 5.41) is 14.9. The Morgan fingerprint density at radius 3 is 2.60 bits per heavy atom. The first-order valence-corrected chi connectivity index (χ1v) is 7.49. The molecule has 0 aliphatic rings. The highest BCUT2D eigenvalue weighted by Gasteiger charge is 2.33. The van der Waals surface area contributed by atoms with E-state index in [4.69, 9.17) is 5.11 Å². The first-order valence-electron chi connectivity index (χ1n) is 7.49. The summed E-state index contributed by atoms with van der Waals surface area (Å²) >= 11 is 0. The van der Waals surface area contributed by atoms with Gasteiger partial charge in [0.15, 0.2) is 5.69 Å². The molecule has 2 N–H and O–H groups in total. The molecule has 6 nitrogen and oxygen atoms in total. The number of aromatic nitrogens is 2. The number of benzene rings is 1. The van der Waals surface area contributed by atoms with Crippen molar-refractivity contribution in [3.05, 3.63) is 47.8 Å². The number of hydrogen-bond donors (Lipinski definition) is 2. The van der Waals surface area contributed by atoms with E-state index < -0.39 is 29.8 Å². The van der Waals surface area contributed by atoms with Gasteiger partial charge < -0.3 is 10.4 Å². The third-order valence-electron chi connectivity index (χ3n) is 3.43. The molecule has 1 unspecified atom stereocenters. The highest BCUT2D eigenvalue weighted by molar-refractivity contribution is 5.97. The Morgan fingerprint density at radius 1 is 1.32 bits per heavy atom. The topological polar surface area (TPSA) is 84.2 Å². The van der Waals surface area contributed by atoms with Gasteiger partial charge in [-0.15, -0.1) is 0 Å². The SMILES string of the molecule is CCCC(NC(=O)c1cccc(-n2ccc(C(F)(F)F)n2)c1)C(=O)O. The molecule has 9 heteroatoms. The molecule has 0 radical (unpaired) electrons. The predicted octanol–water partition coefficient (Wildman–Crippen LogP) is 2.87. The van der Waals surface area contributed by atoms with Crippen molar-refractivity contribution in [3.8, 4) is 5.69 Å². The molecule has 0 saturated heterocycles. The molecule has 1 atom stereocenters. The summed E-state index contributed by atoms with van der Waals surface area (Å²) in [7, 11) is 0. The minimum absolute atomic E-state index is 0.129. The van der Waals surface area contributed by atoms with E-state index in [0.29, 0.717) is 6.42 Å². The van der Waals surface area contributed by atoms with Crippen molar-refractivity contribution in [1.82, 2.24) is 15.1 Å². The fourth-order valence-electron chi connectivity index (χ4n) is 2.20. The second-order valence-corrected chi connectivity index (χ2v) is 5.35. The molecule has 0 fully saturated rings. The number of aliphatic carboxylic acids is 1. The standard InChI is InChI=1S/C16H16F3N3O3/c1-2-4-12(15(24)25)20-14(23)10-5-3-6-11(9-10)22-8-7-13(21-22)16(17,18)19/h3,5-9,12H,2,4H2,1H3,(H,20,23)(H,24,25). The summed E-state index contributed by atoms with van der Waals surface area (Å²) in [5.41, 5.74) is -0.661. The van der Waals surface area contributed by atoms with Crippen molar-refractivity contribution in [2.45, 2.75) is 32.0 Å². The predicted molar refractivity (Wildman–Crippen MR) is 82.4 cm³/mol. The average Bonchev–Trinajstić information content (AvgIpc) is 3.04. The smallest absolute Gasteiger partial charge is 0.435 e. The van der Waals surface area contributed by atoms with Crippen LogP contribution in [-0.4, -0.2) is 32.8 Å². The quantitative estimate of drug-likeness (QED) is 0.835. The van der Waals surface area contributed by atoms with Crippen LogP contribution in [0.15, 0.2) is 36.5 Å². The molecular formula is C16H16F3N3O3. The maximum absolute atomic E-state index is 12.6. The number of nitrogens with zero attached hydrogens (tertiary/aromatic N) is 2. The van der Waals surface area contributed by atoms with Gasteiger partial charge >= 0.3 is 12.1 Å². The van der Waals surface area contributed by atoms with Gasteiger partial charge in [-0.1, -0.05) is 19.4 Å². The van der Waals surface area contributed by atoms with E-state index in [0.717, 1.165) is 16.9 Å². The van der Waals surface area contributed by atoms with Gasteiger partial charge in [-0.25, -0.2) is 9.48 Å². The van der Waals surface area contributed by atoms with Gasteiger partial charge in [0.25, 0.3) is 5.91 Å². The highest BCUT2D eigenvalue weighted by atomic mass is 19.4.